The standard InChI is InChI=1S/C14H14N4O2S/c1-20-12-8-3-2-6-10(12)17-14(21)18(15)13(19)11-7-4-5-9-16-11/h2-9H,15H2,1H3,(H,17,21). The molecule has 0 aliphatic rings. The molecule has 0 bridgehead atoms. The van der Waals surface area contributed by atoms with Crippen LogP contribution in [0.1, 0.15) is 10.5 Å². The molecular formula is C14H14N4O2S. The lowest BCUT2D eigenvalue weighted by molar-refractivity contribution is 0.0844. The van der Waals surface area contributed by atoms with Gasteiger partial charge in [0.1, 0.15) is 11.4 Å². The van der Waals surface area contributed by atoms with Crippen LogP contribution in [0.3, 0.4) is 0 Å². The van der Waals surface area contributed by atoms with Crippen LogP contribution in [0, 0.1) is 0 Å². The van der Waals surface area contributed by atoms with E-state index in [4.69, 9.17) is 22.8 Å². The van der Waals surface area contributed by atoms with E-state index in [9.17, 15) is 4.79 Å². The molecule has 0 spiro atoms. The van der Waals surface area contributed by atoms with Gasteiger partial charge in [-0.2, -0.15) is 0 Å². The number of anilines is 1. The normalized spacial score (nSPS) is 9.81. The molecule has 0 aliphatic carbocycles. The molecule has 7 heteroatoms. The van der Waals surface area contributed by atoms with Crippen LogP contribution in [-0.4, -0.2) is 28.1 Å². The molecule has 6 nitrogen and oxygen atoms in total. The molecule has 1 aromatic heterocycles. The highest BCUT2D eigenvalue weighted by Crippen LogP contribution is 2.23. The molecule has 2 rings (SSSR count). The molecule has 0 atom stereocenters. The van der Waals surface area contributed by atoms with Crippen LogP contribution in [0.4, 0.5) is 5.69 Å². The van der Waals surface area contributed by atoms with Gasteiger partial charge in [0.25, 0.3) is 5.91 Å². The van der Waals surface area contributed by atoms with Crippen LogP contribution in [-0.2, 0) is 0 Å². The van der Waals surface area contributed by atoms with E-state index >= 15 is 0 Å². The van der Waals surface area contributed by atoms with E-state index < -0.39 is 5.91 Å². The number of nitrogens with one attached hydrogen (secondary N) is 1. The number of rotatable bonds is 3. The third-order valence-electron chi connectivity index (χ3n) is 2.67. The lowest BCUT2D eigenvalue weighted by Crippen LogP contribution is -2.45. The number of ether oxygens (including phenoxy) is 1. The van der Waals surface area contributed by atoms with E-state index in [0.717, 1.165) is 5.01 Å². The number of carbonyl (C=O) groups excluding carboxylic acids is 1. The predicted octanol–water partition coefficient (Wildman–Crippen LogP) is 1.80. The number of aromatic nitrogens is 1. The maximum Gasteiger partial charge on any atom is 0.292 e. The topological polar surface area (TPSA) is 80.5 Å². The second kappa shape index (κ2) is 6.78. The van der Waals surface area contributed by atoms with Crippen LogP contribution in [0.2, 0.25) is 0 Å². The largest absolute Gasteiger partial charge is 0.495 e. The van der Waals surface area contributed by atoms with Crippen LogP contribution in [0.5, 0.6) is 5.75 Å². The van der Waals surface area contributed by atoms with Crippen molar-refractivity contribution in [2.75, 3.05) is 12.4 Å². The van der Waals surface area contributed by atoms with Gasteiger partial charge < -0.3 is 10.1 Å². The van der Waals surface area contributed by atoms with Crippen molar-refractivity contribution in [3.05, 3.63) is 54.4 Å². The second-order valence-electron chi connectivity index (χ2n) is 4.02. The Hall–Kier alpha value is -2.51. The van der Waals surface area contributed by atoms with Gasteiger partial charge in [0, 0.05) is 6.20 Å². The van der Waals surface area contributed by atoms with Crippen molar-refractivity contribution in [2.24, 2.45) is 5.84 Å². The summed E-state index contributed by atoms with van der Waals surface area (Å²) in [6, 6.07) is 12.2. The van der Waals surface area contributed by atoms with Crippen LogP contribution < -0.4 is 15.9 Å². The SMILES string of the molecule is COc1ccccc1NC(=S)N(N)C(=O)c1ccccn1. The number of hydrogen-bond acceptors (Lipinski definition) is 5. The Morgan fingerprint density at radius 1 is 1.29 bits per heavy atom. The Morgan fingerprint density at radius 2 is 2.00 bits per heavy atom. The second-order valence-corrected chi connectivity index (χ2v) is 4.41. The number of hydrogen-bond donors (Lipinski definition) is 2. The molecule has 0 unspecified atom stereocenters. The van der Waals surface area contributed by atoms with E-state index in [-0.39, 0.29) is 10.8 Å². The Balaban J connectivity index is 2.11. The Kier molecular flexibility index (Phi) is 4.81. The number of nitrogens with zero attached hydrogens (tertiary/aromatic N) is 2. The molecule has 3 N–H and O–H groups in total. The summed E-state index contributed by atoms with van der Waals surface area (Å²) in [5, 5.41) is 3.76. The third kappa shape index (κ3) is 3.53. The summed E-state index contributed by atoms with van der Waals surface area (Å²) in [4.78, 5) is 16.1. The van der Waals surface area contributed by atoms with Crippen LogP contribution >= 0.6 is 12.2 Å². The smallest absolute Gasteiger partial charge is 0.292 e. The van der Waals surface area contributed by atoms with Gasteiger partial charge >= 0.3 is 0 Å². The maximum atomic E-state index is 12.1. The lowest BCUT2D eigenvalue weighted by atomic mass is 10.3. The molecule has 0 saturated heterocycles. The van der Waals surface area contributed by atoms with Crippen molar-refractivity contribution in [3.63, 3.8) is 0 Å². The first-order valence-corrected chi connectivity index (χ1v) is 6.48. The predicted molar refractivity (Wildman–Crippen MR) is 83.8 cm³/mol. The summed E-state index contributed by atoms with van der Waals surface area (Å²) in [6.45, 7) is 0. The first kappa shape index (κ1) is 14.9. The maximum absolute atomic E-state index is 12.1. The fraction of sp³-hybridized carbons (Fsp3) is 0.0714. The summed E-state index contributed by atoms with van der Waals surface area (Å²) >= 11 is 5.13. The number of amides is 1. The molecule has 0 fully saturated rings. The first-order valence-electron chi connectivity index (χ1n) is 6.07. The summed E-state index contributed by atoms with van der Waals surface area (Å²) in [5.41, 5.74) is 0.832. The average Bonchev–Trinajstić information content (AvgIpc) is 2.54. The molecule has 0 radical (unpaired) electrons. The van der Waals surface area contributed by atoms with Crippen molar-refractivity contribution < 1.29 is 9.53 Å². The molecule has 1 amide bonds. The van der Waals surface area contributed by atoms with Gasteiger partial charge in [0.15, 0.2) is 5.11 Å². The fourth-order valence-corrected chi connectivity index (χ4v) is 1.82. The van der Waals surface area contributed by atoms with Gasteiger partial charge in [-0.15, -0.1) is 0 Å². The summed E-state index contributed by atoms with van der Waals surface area (Å²) < 4.78 is 5.19. The summed E-state index contributed by atoms with van der Waals surface area (Å²) in [6.07, 6.45) is 1.51. The molecule has 108 valence electrons. The molecular weight excluding hydrogens is 288 g/mol. The van der Waals surface area contributed by atoms with E-state index in [1.807, 2.05) is 12.1 Å². The number of methoxy groups -OCH3 is 1. The zero-order chi connectivity index (χ0) is 15.2. The highest BCUT2D eigenvalue weighted by Gasteiger charge is 2.18. The minimum Gasteiger partial charge on any atom is -0.495 e. The van der Waals surface area contributed by atoms with Gasteiger partial charge in [-0.1, -0.05) is 18.2 Å². The van der Waals surface area contributed by atoms with E-state index in [0.29, 0.717) is 11.4 Å². The van der Waals surface area contributed by atoms with Crippen molar-refractivity contribution >= 4 is 28.9 Å². The zero-order valence-corrected chi connectivity index (χ0v) is 12.1. The first-order chi connectivity index (χ1) is 10.1. The lowest BCUT2D eigenvalue weighted by Gasteiger charge is -2.19. The van der Waals surface area contributed by atoms with Crippen molar-refractivity contribution in [1.82, 2.24) is 9.99 Å². The van der Waals surface area contributed by atoms with E-state index in [2.05, 4.69) is 10.3 Å². The van der Waals surface area contributed by atoms with Crippen molar-refractivity contribution in [1.29, 1.82) is 0 Å². The minimum absolute atomic E-state index is 0.0511. The number of hydrazine groups is 1. The quantitative estimate of drug-likeness (QED) is 0.389. The van der Waals surface area contributed by atoms with Crippen molar-refractivity contribution in [3.8, 4) is 5.75 Å². The summed E-state index contributed by atoms with van der Waals surface area (Å²) in [7, 11) is 1.54. The van der Waals surface area contributed by atoms with Crippen molar-refractivity contribution in [2.45, 2.75) is 0 Å². The van der Waals surface area contributed by atoms with Gasteiger partial charge in [-0.3, -0.25) is 9.78 Å². The number of benzene rings is 1. The Labute approximate surface area is 127 Å². The van der Waals surface area contributed by atoms with Gasteiger partial charge in [-0.05, 0) is 36.5 Å². The fourth-order valence-electron chi connectivity index (χ4n) is 1.63. The van der Waals surface area contributed by atoms with Gasteiger partial charge in [0.05, 0.1) is 12.8 Å². The number of carbonyl (C=O) groups is 1. The number of pyridine rings is 1. The van der Waals surface area contributed by atoms with Crippen LogP contribution in [0.15, 0.2) is 48.7 Å². The van der Waals surface area contributed by atoms with Gasteiger partial charge in [-0.25, -0.2) is 10.9 Å². The Morgan fingerprint density at radius 3 is 2.67 bits per heavy atom. The van der Waals surface area contributed by atoms with E-state index in [1.54, 1.807) is 37.4 Å². The number of para-hydroxylation sites is 2. The highest BCUT2D eigenvalue weighted by molar-refractivity contribution is 7.80. The highest BCUT2D eigenvalue weighted by atomic mass is 32.1. The summed E-state index contributed by atoms with van der Waals surface area (Å²) in [5.74, 6) is 5.83. The average molecular weight is 302 g/mol. The molecule has 0 aliphatic heterocycles. The number of thiocarbonyl (C=S) groups is 1. The molecule has 1 aromatic carbocycles. The molecule has 1 heterocycles. The molecule has 2 aromatic rings. The van der Waals surface area contributed by atoms with Crippen LogP contribution in [0.25, 0.3) is 0 Å². The zero-order valence-electron chi connectivity index (χ0n) is 11.3. The molecule has 0 saturated carbocycles. The Bertz CT molecular complexity index is 648. The van der Waals surface area contributed by atoms with Gasteiger partial charge in [0.2, 0.25) is 0 Å². The number of nitrogens with two attached hydrogens (primary N) is 1. The third-order valence-corrected chi connectivity index (χ3v) is 2.97. The molecule has 21 heavy (non-hydrogen) atoms. The monoisotopic (exact) mass is 302 g/mol. The minimum atomic E-state index is -0.497. The van der Waals surface area contributed by atoms with E-state index in [1.165, 1.54) is 6.20 Å².